The zero-order valence-corrected chi connectivity index (χ0v) is 7.94. The number of carbonyl (C=O) groups excluding carboxylic acids is 1. The number of anilines is 1. The molecule has 0 radical (unpaired) electrons. The first-order chi connectivity index (χ1) is 6.86. The van der Waals surface area contributed by atoms with Gasteiger partial charge in [-0.3, -0.25) is 4.79 Å². The molecule has 0 heterocycles. The lowest BCUT2D eigenvalue weighted by atomic mass is 10.0. The van der Waals surface area contributed by atoms with Crippen molar-refractivity contribution in [2.75, 3.05) is 5.32 Å². The van der Waals surface area contributed by atoms with Gasteiger partial charge in [0.05, 0.1) is 6.04 Å². The first kappa shape index (κ1) is 9.00. The van der Waals surface area contributed by atoms with Gasteiger partial charge in [-0.05, 0) is 31.1 Å². The van der Waals surface area contributed by atoms with E-state index in [1.165, 1.54) is 0 Å². The lowest BCUT2D eigenvalue weighted by molar-refractivity contribution is -0.115. The number of hydrogen-bond acceptors (Lipinski definition) is 2. The first-order valence-electron chi connectivity index (χ1n) is 4.88. The number of hydrogen-bond donors (Lipinski definition) is 1. The Morgan fingerprint density at radius 3 is 2.71 bits per heavy atom. The minimum Gasteiger partial charge on any atom is -0.375 e. The summed E-state index contributed by atoms with van der Waals surface area (Å²) >= 11 is 0. The fourth-order valence-corrected chi connectivity index (χ4v) is 1.60. The van der Waals surface area contributed by atoms with Crippen LogP contribution >= 0.6 is 0 Å². The largest absolute Gasteiger partial charge is 0.375 e. The molecule has 0 saturated carbocycles. The Labute approximate surface area is 83.6 Å². The van der Waals surface area contributed by atoms with Crippen LogP contribution in [0, 0.1) is 0 Å². The van der Waals surface area contributed by atoms with Crippen molar-refractivity contribution >= 4 is 11.5 Å². The highest BCUT2D eigenvalue weighted by Gasteiger charge is 2.17. The van der Waals surface area contributed by atoms with E-state index in [1.807, 2.05) is 36.4 Å². The molecule has 1 aliphatic rings. The molecule has 0 saturated heterocycles. The molecular weight excluding hydrogens is 174 g/mol. The standard InChI is InChI=1S/C12H13NO/c14-12-9-5-4-8-11(12)13-10-6-2-1-3-7-10/h1-3,5-7,9,11,13H,4,8H2. The van der Waals surface area contributed by atoms with Crippen LogP contribution in [0.5, 0.6) is 0 Å². The molecule has 0 fully saturated rings. The summed E-state index contributed by atoms with van der Waals surface area (Å²) in [7, 11) is 0. The van der Waals surface area contributed by atoms with Crippen LogP contribution in [0.4, 0.5) is 5.69 Å². The SMILES string of the molecule is O=C1C=CCCC1Nc1ccccc1. The Morgan fingerprint density at radius 1 is 1.21 bits per heavy atom. The lowest BCUT2D eigenvalue weighted by Crippen LogP contribution is -2.29. The van der Waals surface area contributed by atoms with E-state index in [4.69, 9.17) is 0 Å². The highest BCUT2D eigenvalue weighted by molar-refractivity contribution is 5.96. The van der Waals surface area contributed by atoms with Crippen molar-refractivity contribution in [3.05, 3.63) is 42.5 Å². The minimum atomic E-state index is -0.0394. The fraction of sp³-hybridized carbons (Fsp3) is 0.250. The molecule has 0 aliphatic heterocycles. The molecule has 14 heavy (non-hydrogen) atoms. The van der Waals surface area contributed by atoms with Gasteiger partial charge in [0.1, 0.15) is 0 Å². The van der Waals surface area contributed by atoms with Crippen molar-refractivity contribution in [2.45, 2.75) is 18.9 Å². The molecule has 1 N–H and O–H groups in total. The molecule has 1 aromatic carbocycles. The Hall–Kier alpha value is -1.57. The van der Waals surface area contributed by atoms with E-state index < -0.39 is 0 Å². The average molecular weight is 187 g/mol. The molecule has 1 unspecified atom stereocenters. The quantitative estimate of drug-likeness (QED) is 0.770. The number of rotatable bonds is 2. The van der Waals surface area contributed by atoms with E-state index in [9.17, 15) is 4.79 Å². The van der Waals surface area contributed by atoms with Gasteiger partial charge in [0.2, 0.25) is 0 Å². The molecule has 2 rings (SSSR count). The van der Waals surface area contributed by atoms with Gasteiger partial charge in [0, 0.05) is 5.69 Å². The summed E-state index contributed by atoms with van der Waals surface area (Å²) < 4.78 is 0. The Balaban J connectivity index is 2.04. The number of benzene rings is 1. The molecule has 1 atom stereocenters. The van der Waals surface area contributed by atoms with E-state index >= 15 is 0 Å². The minimum absolute atomic E-state index is 0.0394. The van der Waals surface area contributed by atoms with Crippen LogP contribution in [0.15, 0.2) is 42.5 Å². The molecule has 2 nitrogen and oxygen atoms in total. The van der Waals surface area contributed by atoms with Crippen molar-refractivity contribution in [1.82, 2.24) is 0 Å². The van der Waals surface area contributed by atoms with E-state index in [0.717, 1.165) is 18.5 Å². The van der Waals surface area contributed by atoms with Gasteiger partial charge in [0.15, 0.2) is 5.78 Å². The molecule has 72 valence electrons. The zero-order valence-electron chi connectivity index (χ0n) is 7.94. The second-order valence-electron chi connectivity index (χ2n) is 3.45. The van der Waals surface area contributed by atoms with Crippen LogP contribution in [0.25, 0.3) is 0 Å². The van der Waals surface area contributed by atoms with Crippen molar-refractivity contribution in [3.8, 4) is 0 Å². The van der Waals surface area contributed by atoms with Crippen molar-refractivity contribution in [1.29, 1.82) is 0 Å². The Bertz CT molecular complexity index is 343. The van der Waals surface area contributed by atoms with E-state index in [0.29, 0.717) is 0 Å². The number of carbonyl (C=O) groups is 1. The normalized spacial score (nSPS) is 20.9. The summed E-state index contributed by atoms with van der Waals surface area (Å²) in [6.45, 7) is 0. The lowest BCUT2D eigenvalue weighted by Gasteiger charge is -2.19. The van der Waals surface area contributed by atoms with E-state index in [2.05, 4.69) is 5.32 Å². The predicted molar refractivity (Wildman–Crippen MR) is 57.2 cm³/mol. The fourth-order valence-electron chi connectivity index (χ4n) is 1.60. The van der Waals surface area contributed by atoms with E-state index in [-0.39, 0.29) is 11.8 Å². The van der Waals surface area contributed by atoms with E-state index in [1.54, 1.807) is 6.08 Å². The van der Waals surface area contributed by atoms with Gasteiger partial charge in [-0.15, -0.1) is 0 Å². The number of ketones is 1. The second kappa shape index (κ2) is 4.09. The van der Waals surface area contributed by atoms with Gasteiger partial charge in [-0.2, -0.15) is 0 Å². The maximum atomic E-state index is 11.4. The molecule has 0 spiro atoms. The van der Waals surface area contributed by atoms with Crippen LogP contribution in [-0.4, -0.2) is 11.8 Å². The maximum Gasteiger partial charge on any atom is 0.177 e. The van der Waals surface area contributed by atoms with Crippen LogP contribution in [0.3, 0.4) is 0 Å². The molecule has 2 heteroatoms. The Kier molecular flexibility index (Phi) is 2.63. The second-order valence-corrected chi connectivity index (χ2v) is 3.45. The summed E-state index contributed by atoms with van der Waals surface area (Å²) in [6, 6.07) is 9.81. The third kappa shape index (κ3) is 2.02. The highest BCUT2D eigenvalue weighted by atomic mass is 16.1. The Morgan fingerprint density at radius 2 is 2.00 bits per heavy atom. The summed E-state index contributed by atoms with van der Waals surface area (Å²) in [4.78, 5) is 11.4. The number of nitrogens with one attached hydrogen (secondary N) is 1. The molecule has 1 aromatic rings. The molecule has 0 bridgehead atoms. The third-order valence-electron chi connectivity index (χ3n) is 2.36. The van der Waals surface area contributed by atoms with Crippen molar-refractivity contribution in [3.63, 3.8) is 0 Å². The summed E-state index contributed by atoms with van der Waals surface area (Å²) in [5, 5.41) is 3.23. The summed E-state index contributed by atoms with van der Waals surface area (Å²) in [5.41, 5.74) is 1.01. The van der Waals surface area contributed by atoms with Crippen LogP contribution in [0.1, 0.15) is 12.8 Å². The van der Waals surface area contributed by atoms with Crippen LogP contribution in [0.2, 0.25) is 0 Å². The molecule has 0 amide bonds. The summed E-state index contributed by atoms with van der Waals surface area (Å²) in [5.74, 6) is 0.181. The van der Waals surface area contributed by atoms with Crippen LogP contribution in [-0.2, 0) is 4.79 Å². The molecule has 1 aliphatic carbocycles. The number of allylic oxidation sites excluding steroid dienone is 1. The van der Waals surface area contributed by atoms with Crippen molar-refractivity contribution in [2.24, 2.45) is 0 Å². The topological polar surface area (TPSA) is 29.1 Å². The first-order valence-corrected chi connectivity index (χ1v) is 4.88. The third-order valence-corrected chi connectivity index (χ3v) is 2.36. The smallest absolute Gasteiger partial charge is 0.177 e. The van der Waals surface area contributed by atoms with Gasteiger partial charge in [0.25, 0.3) is 0 Å². The van der Waals surface area contributed by atoms with Crippen molar-refractivity contribution < 1.29 is 4.79 Å². The average Bonchev–Trinajstić information content (AvgIpc) is 2.23. The summed E-state index contributed by atoms with van der Waals surface area (Å²) in [6.07, 6.45) is 5.48. The zero-order chi connectivity index (χ0) is 9.80. The monoisotopic (exact) mass is 187 g/mol. The van der Waals surface area contributed by atoms with Crippen LogP contribution < -0.4 is 5.32 Å². The molecule has 0 aromatic heterocycles. The van der Waals surface area contributed by atoms with Gasteiger partial charge >= 0.3 is 0 Å². The maximum absolute atomic E-state index is 11.4. The van der Waals surface area contributed by atoms with Gasteiger partial charge in [-0.25, -0.2) is 0 Å². The number of para-hydroxylation sites is 1. The van der Waals surface area contributed by atoms with Gasteiger partial charge < -0.3 is 5.32 Å². The van der Waals surface area contributed by atoms with Gasteiger partial charge in [-0.1, -0.05) is 24.3 Å². The predicted octanol–water partition coefficient (Wildman–Crippen LogP) is 2.39. The highest BCUT2D eigenvalue weighted by Crippen LogP contribution is 2.14. The molecular formula is C12H13NO.